The van der Waals surface area contributed by atoms with E-state index in [4.69, 9.17) is 5.11 Å². The number of carboxylic acids is 1. The second-order valence-electron chi connectivity index (χ2n) is 4.28. The minimum absolute atomic E-state index is 0.0569. The number of hydrogen-bond acceptors (Lipinski definition) is 3. The number of nitrogens with zero attached hydrogens (tertiary/aromatic N) is 1. The molecule has 1 aromatic rings. The Hall–Kier alpha value is -1.58. The van der Waals surface area contributed by atoms with E-state index in [9.17, 15) is 4.79 Å². The van der Waals surface area contributed by atoms with Gasteiger partial charge in [-0.15, -0.1) is 0 Å². The SMILES string of the molecule is Cc1cnccc1NC(CC(=O)O)C(C)C. The van der Waals surface area contributed by atoms with Gasteiger partial charge >= 0.3 is 5.97 Å². The molecule has 0 aliphatic carbocycles. The molecule has 88 valence electrons. The maximum absolute atomic E-state index is 10.7. The van der Waals surface area contributed by atoms with Crippen LogP contribution in [0.3, 0.4) is 0 Å². The number of hydrogen-bond donors (Lipinski definition) is 2. The number of aliphatic carboxylic acids is 1. The molecule has 0 bridgehead atoms. The highest BCUT2D eigenvalue weighted by Gasteiger charge is 2.17. The van der Waals surface area contributed by atoms with E-state index in [1.165, 1.54) is 0 Å². The van der Waals surface area contributed by atoms with E-state index in [2.05, 4.69) is 10.3 Å². The Bertz CT molecular complexity index is 364. The van der Waals surface area contributed by atoms with Crippen LogP contribution in [-0.2, 0) is 4.79 Å². The van der Waals surface area contributed by atoms with Crippen LogP contribution in [0.4, 0.5) is 5.69 Å². The smallest absolute Gasteiger partial charge is 0.305 e. The highest BCUT2D eigenvalue weighted by molar-refractivity contribution is 5.68. The third-order valence-electron chi connectivity index (χ3n) is 2.56. The molecule has 1 heterocycles. The molecule has 0 aromatic carbocycles. The second-order valence-corrected chi connectivity index (χ2v) is 4.28. The lowest BCUT2D eigenvalue weighted by molar-refractivity contribution is -0.137. The van der Waals surface area contributed by atoms with Crippen molar-refractivity contribution < 1.29 is 9.90 Å². The van der Waals surface area contributed by atoms with E-state index in [0.717, 1.165) is 11.3 Å². The van der Waals surface area contributed by atoms with Crippen molar-refractivity contribution in [2.75, 3.05) is 5.32 Å². The number of anilines is 1. The van der Waals surface area contributed by atoms with E-state index in [0.29, 0.717) is 0 Å². The molecule has 0 spiro atoms. The predicted octanol–water partition coefficient (Wildman–Crippen LogP) is 2.30. The Morgan fingerprint density at radius 2 is 2.25 bits per heavy atom. The zero-order valence-corrected chi connectivity index (χ0v) is 9.90. The van der Waals surface area contributed by atoms with Crippen molar-refractivity contribution in [2.24, 2.45) is 5.92 Å². The maximum Gasteiger partial charge on any atom is 0.305 e. The molecule has 1 atom stereocenters. The number of carboxylic acid groups (broad SMARTS) is 1. The summed E-state index contributed by atoms with van der Waals surface area (Å²) in [6.45, 7) is 5.97. The van der Waals surface area contributed by atoms with Crippen LogP contribution in [0, 0.1) is 12.8 Å². The molecule has 1 unspecified atom stereocenters. The van der Waals surface area contributed by atoms with Crippen LogP contribution in [0.15, 0.2) is 18.5 Å². The van der Waals surface area contributed by atoms with Crippen LogP contribution in [-0.4, -0.2) is 22.1 Å². The van der Waals surface area contributed by atoms with Crippen LogP contribution in [0.1, 0.15) is 25.8 Å². The molecule has 16 heavy (non-hydrogen) atoms. The summed E-state index contributed by atoms with van der Waals surface area (Å²) in [7, 11) is 0. The first-order valence-corrected chi connectivity index (χ1v) is 5.39. The van der Waals surface area contributed by atoms with Crippen molar-refractivity contribution in [1.82, 2.24) is 4.98 Å². The first-order chi connectivity index (χ1) is 7.50. The van der Waals surface area contributed by atoms with Gasteiger partial charge in [0.25, 0.3) is 0 Å². The van der Waals surface area contributed by atoms with Crippen LogP contribution in [0.25, 0.3) is 0 Å². The fourth-order valence-corrected chi connectivity index (χ4v) is 1.48. The summed E-state index contributed by atoms with van der Waals surface area (Å²) in [6, 6.07) is 1.81. The zero-order valence-electron chi connectivity index (χ0n) is 9.90. The average Bonchev–Trinajstić information content (AvgIpc) is 2.19. The van der Waals surface area contributed by atoms with Gasteiger partial charge in [-0.2, -0.15) is 0 Å². The molecule has 0 radical (unpaired) electrons. The highest BCUT2D eigenvalue weighted by atomic mass is 16.4. The number of aromatic nitrogens is 1. The molecule has 4 heteroatoms. The Balaban J connectivity index is 2.76. The molecular formula is C12H18N2O2. The van der Waals surface area contributed by atoms with E-state index in [-0.39, 0.29) is 18.4 Å². The minimum atomic E-state index is -0.780. The van der Waals surface area contributed by atoms with Crippen molar-refractivity contribution in [3.8, 4) is 0 Å². The van der Waals surface area contributed by atoms with Crippen molar-refractivity contribution >= 4 is 11.7 Å². The summed E-state index contributed by atoms with van der Waals surface area (Å²) < 4.78 is 0. The molecule has 0 saturated heterocycles. The normalized spacial score (nSPS) is 12.5. The predicted molar refractivity (Wildman–Crippen MR) is 63.5 cm³/mol. The molecule has 1 aromatic heterocycles. The molecule has 2 N–H and O–H groups in total. The Kier molecular flexibility index (Phi) is 4.28. The van der Waals surface area contributed by atoms with Crippen LogP contribution >= 0.6 is 0 Å². The summed E-state index contributed by atoms with van der Waals surface area (Å²) in [4.78, 5) is 14.7. The standard InChI is InChI=1S/C12H18N2O2/c1-8(2)11(6-12(15)16)14-10-4-5-13-7-9(10)3/h4-5,7-8,11H,6H2,1-3H3,(H,13,14)(H,15,16). The minimum Gasteiger partial charge on any atom is -0.481 e. The van der Waals surface area contributed by atoms with Gasteiger partial charge in [-0.05, 0) is 24.5 Å². The van der Waals surface area contributed by atoms with E-state index >= 15 is 0 Å². The summed E-state index contributed by atoms with van der Waals surface area (Å²) in [6.07, 6.45) is 3.59. The summed E-state index contributed by atoms with van der Waals surface area (Å²) in [5.41, 5.74) is 1.98. The van der Waals surface area contributed by atoms with Gasteiger partial charge in [-0.1, -0.05) is 13.8 Å². The number of aryl methyl sites for hydroxylation is 1. The van der Waals surface area contributed by atoms with Gasteiger partial charge in [0, 0.05) is 24.1 Å². The summed E-state index contributed by atoms with van der Waals surface area (Å²) >= 11 is 0. The summed E-state index contributed by atoms with van der Waals surface area (Å²) in [5, 5.41) is 12.1. The lowest BCUT2D eigenvalue weighted by Crippen LogP contribution is -2.28. The number of nitrogens with one attached hydrogen (secondary N) is 1. The molecule has 0 aliphatic heterocycles. The first kappa shape index (κ1) is 12.5. The van der Waals surface area contributed by atoms with Crippen LogP contribution in [0.2, 0.25) is 0 Å². The largest absolute Gasteiger partial charge is 0.481 e. The zero-order chi connectivity index (χ0) is 12.1. The Morgan fingerprint density at radius 1 is 1.56 bits per heavy atom. The second kappa shape index (κ2) is 5.49. The lowest BCUT2D eigenvalue weighted by Gasteiger charge is -2.22. The van der Waals surface area contributed by atoms with E-state index < -0.39 is 5.97 Å². The molecule has 0 fully saturated rings. The highest BCUT2D eigenvalue weighted by Crippen LogP contribution is 2.17. The molecule has 0 amide bonds. The van der Waals surface area contributed by atoms with Crippen molar-refractivity contribution in [2.45, 2.75) is 33.2 Å². The first-order valence-electron chi connectivity index (χ1n) is 5.39. The Morgan fingerprint density at radius 3 is 2.75 bits per heavy atom. The van der Waals surface area contributed by atoms with Crippen molar-refractivity contribution in [3.05, 3.63) is 24.0 Å². The monoisotopic (exact) mass is 222 g/mol. The number of pyridine rings is 1. The lowest BCUT2D eigenvalue weighted by atomic mass is 10.0. The third kappa shape index (κ3) is 3.53. The third-order valence-corrected chi connectivity index (χ3v) is 2.56. The van der Waals surface area contributed by atoms with Crippen molar-refractivity contribution in [3.63, 3.8) is 0 Å². The van der Waals surface area contributed by atoms with Gasteiger partial charge in [0.15, 0.2) is 0 Å². The average molecular weight is 222 g/mol. The van der Waals surface area contributed by atoms with Crippen LogP contribution in [0.5, 0.6) is 0 Å². The van der Waals surface area contributed by atoms with Gasteiger partial charge in [0.05, 0.1) is 6.42 Å². The topological polar surface area (TPSA) is 62.2 Å². The maximum atomic E-state index is 10.7. The molecule has 0 aliphatic rings. The Labute approximate surface area is 95.7 Å². The van der Waals surface area contributed by atoms with Gasteiger partial charge in [-0.25, -0.2) is 0 Å². The number of rotatable bonds is 5. The molecule has 4 nitrogen and oxygen atoms in total. The van der Waals surface area contributed by atoms with Crippen molar-refractivity contribution in [1.29, 1.82) is 0 Å². The van der Waals surface area contributed by atoms with Gasteiger partial charge < -0.3 is 10.4 Å². The number of carbonyl (C=O) groups is 1. The molecule has 0 saturated carbocycles. The van der Waals surface area contributed by atoms with E-state index in [1.54, 1.807) is 12.4 Å². The van der Waals surface area contributed by atoms with Gasteiger partial charge in [0.2, 0.25) is 0 Å². The van der Waals surface area contributed by atoms with Gasteiger partial charge in [-0.3, -0.25) is 9.78 Å². The molecule has 1 rings (SSSR count). The fraction of sp³-hybridized carbons (Fsp3) is 0.500. The van der Waals surface area contributed by atoms with Crippen LogP contribution < -0.4 is 5.32 Å². The molecular weight excluding hydrogens is 204 g/mol. The summed E-state index contributed by atoms with van der Waals surface area (Å²) in [5.74, 6) is -0.512. The van der Waals surface area contributed by atoms with Gasteiger partial charge in [0.1, 0.15) is 0 Å². The quantitative estimate of drug-likeness (QED) is 0.802. The van der Waals surface area contributed by atoms with E-state index in [1.807, 2.05) is 26.8 Å². The fourth-order valence-electron chi connectivity index (χ4n) is 1.48.